The van der Waals surface area contributed by atoms with E-state index in [-0.39, 0.29) is 0 Å². The molecule has 0 radical (unpaired) electrons. The monoisotopic (exact) mass is 252 g/mol. The van der Waals surface area contributed by atoms with E-state index in [0.717, 1.165) is 22.4 Å². The Labute approximate surface area is 113 Å². The van der Waals surface area contributed by atoms with Gasteiger partial charge in [-0.25, -0.2) is 0 Å². The van der Waals surface area contributed by atoms with Crippen molar-refractivity contribution in [3.63, 3.8) is 0 Å². The minimum Gasteiger partial charge on any atom is -0.507 e. The van der Waals surface area contributed by atoms with Gasteiger partial charge in [-0.3, -0.25) is 0 Å². The van der Waals surface area contributed by atoms with Crippen LogP contribution in [0.4, 0.5) is 5.69 Å². The second kappa shape index (κ2) is 5.45. The fourth-order valence-corrected chi connectivity index (χ4v) is 1.98. The van der Waals surface area contributed by atoms with Crippen molar-refractivity contribution < 1.29 is 5.11 Å². The highest BCUT2D eigenvalue weighted by Crippen LogP contribution is 2.28. The van der Waals surface area contributed by atoms with Crippen molar-refractivity contribution in [3.8, 4) is 11.8 Å². The van der Waals surface area contributed by atoms with Crippen molar-refractivity contribution >= 4 is 5.69 Å². The number of rotatable bonds is 3. The lowest BCUT2D eigenvalue weighted by atomic mass is 10.1. The van der Waals surface area contributed by atoms with Crippen LogP contribution < -0.4 is 5.32 Å². The topological polar surface area (TPSA) is 56.0 Å². The molecule has 0 unspecified atom stereocenters. The fraction of sp³-hybridized carbons (Fsp3) is 0.188. The van der Waals surface area contributed by atoms with Gasteiger partial charge in [-0.05, 0) is 43.2 Å². The first-order valence-electron chi connectivity index (χ1n) is 6.14. The molecule has 2 N–H and O–H groups in total. The second-order valence-electron chi connectivity index (χ2n) is 4.57. The number of hydrogen-bond acceptors (Lipinski definition) is 3. The molecule has 3 nitrogen and oxygen atoms in total. The molecule has 2 aromatic carbocycles. The van der Waals surface area contributed by atoms with Gasteiger partial charge in [0.05, 0.1) is 11.6 Å². The third-order valence-electron chi connectivity index (χ3n) is 3.17. The summed E-state index contributed by atoms with van der Waals surface area (Å²) in [6.45, 7) is 4.39. The van der Waals surface area contributed by atoms with Crippen molar-refractivity contribution in [1.29, 1.82) is 5.26 Å². The lowest BCUT2D eigenvalue weighted by molar-refractivity contribution is 0.467. The van der Waals surface area contributed by atoms with Crippen LogP contribution in [0, 0.1) is 25.2 Å². The maximum Gasteiger partial charge on any atom is 0.123 e. The molecule has 0 aliphatic rings. The molecule has 0 saturated heterocycles. The zero-order chi connectivity index (χ0) is 13.8. The average molecular weight is 252 g/mol. The molecule has 0 fully saturated rings. The van der Waals surface area contributed by atoms with Crippen molar-refractivity contribution in [2.75, 3.05) is 5.32 Å². The number of aryl methyl sites for hydroxylation is 1. The van der Waals surface area contributed by atoms with Gasteiger partial charge in [-0.15, -0.1) is 0 Å². The van der Waals surface area contributed by atoms with E-state index in [2.05, 4.69) is 11.4 Å². The van der Waals surface area contributed by atoms with Crippen molar-refractivity contribution in [2.45, 2.75) is 20.4 Å². The predicted molar refractivity (Wildman–Crippen MR) is 76.1 cm³/mol. The van der Waals surface area contributed by atoms with Gasteiger partial charge >= 0.3 is 0 Å². The van der Waals surface area contributed by atoms with Crippen LogP contribution in [0.25, 0.3) is 0 Å². The van der Waals surface area contributed by atoms with Gasteiger partial charge in [0.15, 0.2) is 0 Å². The standard InChI is InChI=1S/C16H16N2O/c1-11-6-7-15(12(2)16(11)19)18-10-14-5-3-4-13(8-14)9-17/h3-8,18-19H,10H2,1-2H3. The number of phenolic OH excluding ortho intramolecular Hbond substituents is 1. The molecule has 2 aromatic rings. The molecule has 0 spiro atoms. The minimum atomic E-state index is 0.329. The van der Waals surface area contributed by atoms with E-state index >= 15 is 0 Å². The summed E-state index contributed by atoms with van der Waals surface area (Å²) < 4.78 is 0. The highest BCUT2D eigenvalue weighted by atomic mass is 16.3. The Morgan fingerprint density at radius 1 is 1.21 bits per heavy atom. The molecule has 96 valence electrons. The SMILES string of the molecule is Cc1ccc(NCc2cccc(C#N)c2)c(C)c1O. The average Bonchev–Trinajstić information content (AvgIpc) is 2.44. The largest absolute Gasteiger partial charge is 0.507 e. The predicted octanol–water partition coefficient (Wildman–Crippen LogP) is 3.49. The lowest BCUT2D eigenvalue weighted by Gasteiger charge is -2.12. The molecule has 0 bridgehead atoms. The minimum absolute atomic E-state index is 0.329. The Balaban J connectivity index is 2.15. The zero-order valence-corrected chi connectivity index (χ0v) is 11.1. The fourth-order valence-electron chi connectivity index (χ4n) is 1.98. The molecule has 0 aliphatic heterocycles. The van der Waals surface area contributed by atoms with Gasteiger partial charge in [0.2, 0.25) is 0 Å². The number of phenols is 1. The summed E-state index contributed by atoms with van der Waals surface area (Å²) in [4.78, 5) is 0. The second-order valence-corrected chi connectivity index (χ2v) is 4.57. The molecule has 19 heavy (non-hydrogen) atoms. The molecule has 0 atom stereocenters. The number of nitriles is 1. The first kappa shape index (κ1) is 13.0. The number of nitrogens with zero attached hydrogens (tertiary/aromatic N) is 1. The first-order valence-corrected chi connectivity index (χ1v) is 6.14. The Bertz CT molecular complexity index is 642. The quantitative estimate of drug-likeness (QED) is 0.879. The van der Waals surface area contributed by atoms with E-state index in [1.165, 1.54) is 0 Å². The summed E-state index contributed by atoms with van der Waals surface area (Å²) in [7, 11) is 0. The molecule has 2 rings (SSSR count). The summed E-state index contributed by atoms with van der Waals surface area (Å²) in [6, 6.07) is 13.4. The van der Waals surface area contributed by atoms with Gasteiger partial charge in [0, 0.05) is 17.8 Å². The van der Waals surface area contributed by atoms with E-state index in [1.54, 1.807) is 6.07 Å². The smallest absolute Gasteiger partial charge is 0.123 e. The molecular formula is C16H16N2O. The number of anilines is 1. The summed E-state index contributed by atoms with van der Waals surface area (Å²) in [5.74, 6) is 0.329. The number of nitrogens with one attached hydrogen (secondary N) is 1. The number of benzene rings is 2. The Kier molecular flexibility index (Phi) is 3.72. The van der Waals surface area contributed by atoms with Crippen molar-refractivity contribution in [1.82, 2.24) is 0 Å². The maximum atomic E-state index is 9.88. The van der Waals surface area contributed by atoms with E-state index < -0.39 is 0 Å². The van der Waals surface area contributed by atoms with Crippen molar-refractivity contribution in [2.24, 2.45) is 0 Å². The van der Waals surface area contributed by atoms with E-state index in [0.29, 0.717) is 17.9 Å². The normalized spacial score (nSPS) is 9.95. The van der Waals surface area contributed by atoms with Crippen molar-refractivity contribution in [3.05, 3.63) is 58.7 Å². The molecular weight excluding hydrogens is 236 g/mol. The Morgan fingerprint density at radius 2 is 2.00 bits per heavy atom. The van der Waals surface area contributed by atoms with Gasteiger partial charge in [0.1, 0.15) is 5.75 Å². The third-order valence-corrected chi connectivity index (χ3v) is 3.17. The van der Waals surface area contributed by atoms with Gasteiger partial charge < -0.3 is 10.4 Å². The molecule has 0 aliphatic carbocycles. The van der Waals surface area contributed by atoms with Gasteiger partial charge in [-0.1, -0.05) is 18.2 Å². The van der Waals surface area contributed by atoms with Crippen LogP contribution in [-0.2, 0) is 6.54 Å². The van der Waals surface area contributed by atoms with Crippen LogP contribution in [0.2, 0.25) is 0 Å². The first-order chi connectivity index (χ1) is 9.11. The molecule has 3 heteroatoms. The van der Waals surface area contributed by atoms with E-state index in [4.69, 9.17) is 5.26 Å². The molecule has 0 saturated carbocycles. The summed E-state index contributed by atoms with van der Waals surface area (Å²) in [5.41, 5.74) is 4.32. The molecule has 0 aromatic heterocycles. The zero-order valence-electron chi connectivity index (χ0n) is 11.1. The third kappa shape index (κ3) is 2.86. The van der Waals surface area contributed by atoms with Crippen LogP contribution in [0.3, 0.4) is 0 Å². The lowest BCUT2D eigenvalue weighted by Crippen LogP contribution is -2.01. The number of aromatic hydroxyl groups is 1. The van der Waals surface area contributed by atoms with Crippen LogP contribution in [0.1, 0.15) is 22.3 Å². The van der Waals surface area contributed by atoms with Crippen LogP contribution >= 0.6 is 0 Å². The summed E-state index contributed by atoms with van der Waals surface area (Å²) >= 11 is 0. The maximum absolute atomic E-state index is 9.88. The van der Waals surface area contributed by atoms with E-state index in [9.17, 15) is 5.11 Å². The highest BCUT2D eigenvalue weighted by molar-refractivity contribution is 5.59. The highest BCUT2D eigenvalue weighted by Gasteiger charge is 2.05. The van der Waals surface area contributed by atoms with Crippen LogP contribution in [0.15, 0.2) is 36.4 Å². The van der Waals surface area contributed by atoms with Crippen LogP contribution in [-0.4, -0.2) is 5.11 Å². The molecule has 0 heterocycles. The Morgan fingerprint density at radius 3 is 2.74 bits per heavy atom. The molecule has 0 amide bonds. The Hall–Kier alpha value is -2.47. The number of hydrogen-bond donors (Lipinski definition) is 2. The summed E-state index contributed by atoms with van der Waals surface area (Å²) in [5, 5.41) is 22.0. The van der Waals surface area contributed by atoms with E-state index in [1.807, 2.05) is 44.2 Å². The van der Waals surface area contributed by atoms with Crippen LogP contribution in [0.5, 0.6) is 5.75 Å². The summed E-state index contributed by atoms with van der Waals surface area (Å²) in [6.07, 6.45) is 0. The van der Waals surface area contributed by atoms with Gasteiger partial charge in [-0.2, -0.15) is 5.26 Å². The van der Waals surface area contributed by atoms with Gasteiger partial charge in [0.25, 0.3) is 0 Å².